The van der Waals surface area contributed by atoms with E-state index in [1.165, 1.54) is 0 Å². The quantitative estimate of drug-likeness (QED) is 0.137. The van der Waals surface area contributed by atoms with Crippen LogP contribution in [-0.4, -0.2) is 95.8 Å². The molecule has 20 heteroatoms. The van der Waals surface area contributed by atoms with Crippen molar-refractivity contribution in [1.82, 2.24) is 9.55 Å². The zero-order chi connectivity index (χ0) is 26.1. The summed E-state index contributed by atoms with van der Waals surface area (Å²) in [6.07, 6.45) is -11.6. The third-order valence-electron chi connectivity index (χ3n) is 5.11. The molecule has 2 aliphatic rings. The van der Waals surface area contributed by atoms with E-state index in [4.69, 9.17) is 15.2 Å². The van der Waals surface area contributed by atoms with Gasteiger partial charge in [0.25, 0.3) is 5.56 Å². The standard InChI is InChI=1S/C15H25N3O15P2/c16-4-7-11(21)12(22)13(23)14(31-7)32-35(27,28)33-34(25,26)29-5-8-6(19)3-10(30-8)18-2-1-9(20)17-15(18)24/h1-2,6-8,10-14,19,21-23H,3-5,16H2,(H,25,26)(H,27,28)(H,17,20,24)/t6-,7+,8+,10?,11+,12-,13+,14?/m0/s1. The van der Waals surface area contributed by atoms with E-state index in [0.29, 0.717) is 0 Å². The summed E-state index contributed by atoms with van der Waals surface area (Å²) in [5, 5.41) is 39.5. The number of aromatic nitrogens is 2. The van der Waals surface area contributed by atoms with Crippen molar-refractivity contribution in [2.45, 2.75) is 55.6 Å². The Labute approximate surface area is 195 Å². The Morgan fingerprint density at radius 3 is 2.37 bits per heavy atom. The molecular formula is C15H25N3O15P2. The molecule has 3 heterocycles. The van der Waals surface area contributed by atoms with E-state index in [-0.39, 0.29) is 13.0 Å². The maximum Gasteiger partial charge on any atom is 0.483 e. The van der Waals surface area contributed by atoms with Crippen molar-refractivity contribution in [3.63, 3.8) is 0 Å². The number of nitrogens with two attached hydrogens (primary N) is 1. The summed E-state index contributed by atoms with van der Waals surface area (Å²) in [4.78, 5) is 44.6. The number of H-pyrrole nitrogens is 1. The smallest absolute Gasteiger partial charge is 0.390 e. The summed E-state index contributed by atoms with van der Waals surface area (Å²) >= 11 is 0. The van der Waals surface area contributed by atoms with Crippen LogP contribution in [0.2, 0.25) is 0 Å². The number of phosphoric ester groups is 2. The second-order valence-electron chi connectivity index (χ2n) is 7.62. The highest BCUT2D eigenvalue weighted by atomic mass is 31.3. The molecule has 0 saturated carbocycles. The molecule has 3 rings (SSSR count). The Morgan fingerprint density at radius 2 is 1.74 bits per heavy atom. The molecule has 4 unspecified atom stereocenters. The van der Waals surface area contributed by atoms with E-state index in [0.717, 1.165) is 16.8 Å². The largest absolute Gasteiger partial charge is 0.483 e. The first-order valence-corrected chi connectivity index (χ1v) is 13.0. The number of aliphatic hydroxyl groups excluding tert-OH is 4. The van der Waals surface area contributed by atoms with Crippen LogP contribution in [0.4, 0.5) is 0 Å². The molecule has 1 aromatic heterocycles. The highest BCUT2D eigenvalue weighted by Gasteiger charge is 2.48. The van der Waals surface area contributed by atoms with E-state index >= 15 is 0 Å². The molecule has 2 aliphatic heterocycles. The Bertz CT molecular complexity index is 1090. The molecule has 0 radical (unpaired) electrons. The van der Waals surface area contributed by atoms with Crippen molar-refractivity contribution >= 4 is 15.6 Å². The molecule has 0 aromatic carbocycles. The summed E-state index contributed by atoms with van der Waals surface area (Å²) in [5.41, 5.74) is 3.85. The summed E-state index contributed by atoms with van der Waals surface area (Å²) in [7, 11) is -10.8. The van der Waals surface area contributed by atoms with Crippen LogP contribution in [0.15, 0.2) is 21.9 Å². The summed E-state index contributed by atoms with van der Waals surface area (Å²) < 4.78 is 48.9. The lowest BCUT2D eigenvalue weighted by Gasteiger charge is -2.39. The number of nitrogens with one attached hydrogen (secondary N) is 1. The maximum absolute atomic E-state index is 12.2. The Hall–Kier alpha value is -1.34. The van der Waals surface area contributed by atoms with E-state index in [9.17, 15) is 48.9 Å². The van der Waals surface area contributed by atoms with E-state index < -0.39 is 82.6 Å². The number of aromatic amines is 1. The Morgan fingerprint density at radius 1 is 1.06 bits per heavy atom. The summed E-state index contributed by atoms with van der Waals surface area (Å²) in [6, 6.07) is 1.04. The zero-order valence-electron chi connectivity index (χ0n) is 17.7. The van der Waals surface area contributed by atoms with Crippen LogP contribution in [0.5, 0.6) is 0 Å². The number of ether oxygens (including phenoxy) is 2. The van der Waals surface area contributed by atoms with Gasteiger partial charge < -0.3 is 45.4 Å². The van der Waals surface area contributed by atoms with Crippen LogP contribution in [0.1, 0.15) is 12.6 Å². The molecule has 0 aliphatic carbocycles. The molecule has 9 N–H and O–H groups in total. The van der Waals surface area contributed by atoms with Gasteiger partial charge in [0.2, 0.25) is 0 Å². The van der Waals surface area contributed by atoms with Crippen molar-refractivity contribution < 1.29 is 62.2 Å². The van der Waals surface area contributed by atoms with Gasteiger partial charge in [0.1, 0.15) is 36.7 Å². The molecule has 2 saturated heterocycles. The molecular weight excluding hydrogens is 524 g/mol. The average molecular weight is 549 g/mol. The first-order valence-electron chi connectivity index (χ1n) is 9.97. The second kappa shape index (κ2) is 11.0. The van der Waals surface area contributed by atoms with Crippen molar-refractivity contribution in [2.75, 3.05) is 13.2 Å². The summed E-state index contributed by atoms with van der Waals surface area (Å²) in [5.74, 6) is 0. The van der Waals surface area contributed by atoms with Crippen LogP contribution < -0.4 is 17.0 Å². The van der Waals surface area contributed by atoms with Gasteiger partial charge in [-0.1, -0.05) is 0 Å². The molecule has 1 aromatic rings. The molecule has 200 valence electrons. The monoisotopic (exact) mass is 549 g/mol. The third kappa shape index (κ3) is 6.91. The van der Waals surface area contributed by atoms with Gasteiger partial charge in [0.15, 0.2) is 6.29 Å². The molecule has 18 nitrogen and oxygen atoms in total. The fourth-order valence-electron chi connectivity index (χ4n) is 3.36. The van der Waals surface area contributed by atoms with E-state index in [1.54, 1.807) is 0 Å². The highest BCUT2D eigenvalue weighted by Crippen LogP contribution is 2.61. The lowest BCUT2D eigenvalue weighted by Crippen LogP contribution is -2.59. The number of rotatable bonds is 9. The molecule has 35 heavy (non-hydrogen) atoms. The van der Waals surface area contributed by atoms with Gasteiger partial charge >= 0.3 is 21.3 Å². The van der Waals surface area contributed by atoms with Crippen molar-refractivity contribution in [2.24, 2.45) is 5.73 Å². The van der Waals surface area contributed by atoms with Crippen molar-refractivity contribution in [3.05, 3.63) is 33.1 Å². The minimum absolute atomic E-state index is 0.161. The van der Waals surface area contributed by atoms with Crippen molar-refractivity contribution in [1.29, 1.82) is 0 Å². The molecule has 10 atom stereocenters. The average Bonchev–Trinajstić information content (AvgIpc) is 3.12. The van der Waals surface area contributed by atoms with E-state index in [2.05, 4.69) is 13.4 Å². The second-order valence-corrected chi connectivity index (χ2v) is 10.6. The lowest BCUT2D eigenvalue weighted by atomic mass is 9.99. The van der Waals surface area contributed by atoms with Crippen LogP contribution in [-0.2, 0) is 32.0 Å². The van der Waals surface area contributed by atoms with E-state index in [1.807, 2.05) is 4.98 Å². The zero-order valence-corrected chi connectivity index (χ0v) is 19.5. The van der Waals surface area contributed by atoms with Crippen LogP contribution in [0.25, 0.3) is 0 Å². The lowest BCUT2D eigenvalue weighted by molar-refractivity contribution is -0.273. The topological polar surface area (TPSA) is 283 Å². The predicted octanol–water partition coefficient (Wildman–Crippen LogP) is -3.80. The minimum Gasteiger partial charge on any atom is -0.390 e. The number of phosphoric acid groups is 2. The fraction of sp³-hybridized carbons (Fsp3) is 0.733. The van der Waals surface area contributed by atoms with Gasteiger partial charge in [-0.15, -0.1) is 0 Å². The minimum atomic E-state index is -5.49. The van der Waals surface area contributed by atoms with Crippen molar-refractivity contribution in [3.8, 4) is 0 Å². The number of hydrogen-bond donors (Lipinski definition) is 8. The van der Waals surface area contributed by atoms with Gasteiger partial charge in [-0.25, -0.2) is 13.9 Å². The predicted molar refractivity (Wildman–Crippen MR) is 109 cm³/mol. The molecule has 2 fully saturated rings. The maximum atomic E-state index is 12.2. The van der Waals surface area contributed by atoms with Crippen LogP contribution >= 0.6 is 15.6 Å². The third-order valence-corrected chi connectivity index (χ3v) is 7.71. The van der Waals surface area contributed by atoms with Crippen LogP contribution in [0, 0.1) is 0 Å². The Kier molecular flexibility index (Phi) is 8.84. The van der Waals surface area contributed by atoms with Gasteiger partial charge in [-0.2, -0.15) is 4.31 Å². The normalized spacial score (nSPS) is 37.0. The first kappa shape index (κ1) is 28.2. The van der Waals surface area contributed by atoms with Crippen LogP contribution in [0.3, 0.4) is 0 Å². The van der Waals surface area contributed by atoms with Gasteiger partial charge in [0.05, 0.1) is 12.7 Å². The number of nitrogens with zero attached hydrogens (tertiary/aromatic N) is 1. The number of aliphatic hydroxyl groups is 4. The number of hydrogen-bond acceptors (Lipinski definition) is 14. The fourth-order valence-corrected chi connectivity index (χ4v) is 5.52. The molecule has 0 bridgehead atoms. The van der Waals surface area contributed by atoms with Gasteiger partial charge in [0, 0.05) is 25.2 Å². The Balaban J connectivity index is 1.58. The molecule has 0 spiro atoms. The SMILES string of the molecule is NC[C@H]1OC(OP(=O)(O)OP(=O)(O)OC[C@H]2OC(n3ccc(=O)[nH]c3=O)C[C@@H]2O)[C@H](O)[C@@H](O)[C@@H]1O. The first-order chi connectivity index (χ1) is 16.2. The summed E-state index contributed by atoms with van der Waals surface area (Å²) in [6.45, 7) is -1.22. The van der Waals surface area contributed by atoms with Gasteiger partial charge in [-0.3, -0.25) is 23.4 Å². The molecule has 0 amide bonds. The highest BCUT2D eigenvalue weighted by molar-refractivity contribution is 7.61. The van der Waals surface area contributed by atoms with Gasteiger partial charge in [-0.05, 0) is 0 Å².